The molecule has 4 nitrogen and oxygen atoms in total. The van der Waals surface area contributed by atoms with E-state index in [1.165, 1.54) is 0 Å². The first-order chi connectivity index (χ1) is 7.63. The van der Waals surface area contributed by atoms with Gasteiger partial charge in [-0.15, -0.1) is 0 Å². The van der Waals surface area contributed by atoms with Crippen LogP contribution in [0.1, 0.15) is 37.1 Å². The Bertz CT molecular complexity index is 645. The first-order valence-electron chi connectivity index (χ1n) is 5.40. The maximum Gasteiger partial charge on any atom is 0.286 e. The van der Waals surface area contributed by atoms with E-state index in [1.54, 1.807) is 24.3 Å². The summed E-state index contributed by atoms with van der Waals surface area (Å²) >= 11 is 0. The van der Waals surface area contributed by atoms with E-state index in [0.29, 0.717) is 22.4 Å². The highest BCUT2D eigenvalue weighted by Crippen LogP contribution is 2.44. The third kappa shape index (κ3) is 0.894. The largest absolute Gasteiger partial charge is 0.805 e. The molecule has 16 heavy (non-hydrogen) atoms. The average molecular weight is 216 g/mol. The molecule has 2 atom stereocenters. The van der Waals surface area contributed by atoms with Crippen LogP contribution in [0.4, 0.5) is 0 Å². The van der Waals surface area contributed by atoms with Crippen molar-refractivity contribution in [2.45, 2.75) is 25.7 Å². The van der Waals surface area contributed by atoms with Gasteiger partial charge in [0.1, 0.15) is 5.52 Å². The molecule has 4 heteroatoms. The molecule has 0 fully saturated rings. The van der Waals surface area contributed by atoms with Crippen LogP contribution in [-0.2, 0) is 0 Å². The van der Waals surface area contributed by atoms with Crippen LogP contribution in [0.15, 0.2) is 24.3 Å². The van der Waals surface area contributed by atoms with Gasteiger partial charge in [-0.25, -0.2) is 0 Å². The smallest absolute Gasteiger partial charge is 0.286 e. The molecular weight excluding hydrogens is 204 g/mol. The van der Waals surface area contributed by atoms with Crippen LogP contribution in [0.5, 0.6) is 0 Å². The molecule has 82 valence electrons. The molecule has 1 aromatic carbocycles. The monoisotopic (exact) mass is 216 g/mol. The summed E-state index contributed by atoms with van der Waals surface area (Å²) in [5, 5.41) is 12.1. The van der Waals surface area contributed by atoms with E-state index in [9.17, 15) is 10.1 Å². The predicted octanol–water partition coefficient (Wildman–Crippen LogP) is 2.12. The molecule has 0 saturated heterocycles. The SMILES string of the molecule is CC1c2c([n+](=O)c3ccccc3n2[O-])C1C. The zero-order valence-corrected chi connectivity index (χ0v) is 9.18. The van der Waals surface area contributed by atoms with Crippen molar-refractivity contribution in [1.82, 2.24) is 4.73 Å². The summed E-state index contributed by atoms with van der Waals surface area (Å²) in [5.41, 5.74) is 2.16. The molecule has 0 spiro atoms. The zero-order chi connectivity index (χ0) is 11.4. The summed E-state index contributed by atoms with van der Waals surface area (Å²) in [6, 6.07) is 6.92. The van der Waals surface area contributed by atoms with Crippen LogP contribution in [0.25, 0.3) is 11.0 Å². The lowest BCUT2D eigenvalue weighted by molar-refractivity contribution is -0.482. The van der Waals surface area contributed by atoms with Gasteiger partial charge in [0.15, 0.2) is 0 Å². The lowest BCUT2D eigenvalue weighted by Crippen LogP contribution is -2.38. The Morgan fingerprint density at radius 3 is 2.69 bits per heavy atom. The number of fused-ring (bicyclic) bond motifs is 2. The minimum Gasteiger partial charge on any atom is -0.805 e. The lowest BCUT2D eigenvalue weighted by atomic mass is 9.76. The van der Waals surface area contributed by atoms with Crippen LogP contribution in [-0.4, -0.2) is 4.73 Å². The van der Waals surface area contributed by atoms with Gasteiger partial charge >= 0.3 is 0 Å². The van der Waals surface area contributed by atoms with Gasteiger partial charge in [0.05, 0.1) is 16.0 Å². The van der Waals surface area contributed by atoms with Crippen molar-refractivity contribution in [3.05, 3.63) is 45.8 Å². The summed E-state index contributed by atoms with van der Waals surface area (Å²) < 4.78 is 1.81. The predicted molar refractivity (Wildman–Crippen MR) is 60.9 cm³/mol. The molecule has 2 aromatic rings. The molecule has 1 heterocycles. The van der Waals surface area contributed by atoms with Gasteiger partial charge in [0.25, 0.3) is 11.2 Å². The highest BCUT2D eigenvalue weighted by Gasteiger charge is 2.43. The molecule has 0 saturated carbocycles. The van der Waals surface area contributed by atoms with Crippen molar-refractivity contribution < 1.29 is 4.43 Å². The summed E-state index contributed by atoms with van der Waals surface area (Å²) in [6.07, 6.45) is 0. The van der Waals surface area contributed by atoms with E-state index in [1.807, 2.05) is 13.8 Å². The van der Waals surface area contributed by atoms with Gasteiger partial charge < -0.3 is 9.94 Å². The van der Waals surface area contributed by atoms with Gasteiger partial charge in [-0.05, 0) is 6.07 Å². The molecule has 1 aliphatic carbocycles. The molecule has 0 radical (unpaired) electrons. The highest BCUT2D eigenvalue weighted by atomic mass is 16.5. The number of aromatic nitrogens is 2. The van der Waals surface area contributed by atoms with Gasteiger partial charge in [-0.1, -0.05) is 26.0 Å². The number of hydrogen-bond donors (Lipinski definition) is 0. The second-order valence-electron chi connectivity index (χ2n) is 4.43. The maximum absolute atomic E-state index is 12.1. The summed E-state index contributed by atoms with van der Waals surface area (Å²) in [4.78, 5) is 12.1. The van der Waals surface area contributed by atoms with E-state index < -0.39 is 0 Å². The van der Waals surface area contributed by atoms with Gasteiger partial charge in [0.2, 0.25) is 0 Å². The molecule has 1 aliphatic rings. The van der Waals surface area contributed by atoms with Crippen LogP contribution in [0.3, 0.4) is 0 Å². The Balaban J connectivity index is 2.53. The first-order valence-corrected chi connectivity index (χ1v) is 5.40. The average Bonchev–Trinajstić information content (AvgIpc) is 2.32. The van der Waals surface area contributed by atoms with Crippen LogP contribution >= 0.6 is 0 Å². The summed E-state index contributed by atoms with van der Waals surface area (Å²) in [6.45, 7) is 3.96. The topological polar surface area (TPSA) is 51.0 Å². The van der Waals surface area contributed by atoms with Crippen LogP contribution in [0, 0.1) is 10.1 Å². The van der Waals surface area contributed by atoms with Crippen molar-refractivity contribution in [2.24, 2.45) is 0 Å². The molecule has 0 N–H and O–H groups in total. The standard InChI is InChI=1S/C12H12N2O2/c1-7-8(2)12-11(7)13(15)9-5-3-4-6-10(9)14(12)16/h3-8H,1-2H3. The van der Waals surface area contributed by atoms with Crippen molar-refractivity contribution in [3.8, 4) is 0 Å². The minimum atomic E-state index is 0.164. The number of para-hydroxylation sites is 2. The lowest BCUT2D eigenvalue weighted by Gasteiger charge is -2.33. The van der Waals surface area contributed by atoms with E-state index in [4.69, 9.17) is 0 Å². The fourth-order valence-electron chi connectivity index (χ4n) is 2.49. The zero-order valence-electron chi connectivity index (χ0n) is 9.18. The van der Waals surface area contributed by atoms with Crippen molar-refractivity contribution in [2.75, 3.05) is 0 Å². The summed E-state index contributed by atoms with van der Waals surface area (Å²) in [5.74, 6) is 0.328. The van der Waals surface area contributed by atoms with E-state index >= 15 is 0 Å². The van der Waals surface area contributed by atoms with Gasteiger partial charge in [-0.3, -0.25) is 0 Å². The van der Waals surface area contributed by atoms with Crippen molar-refractivity contribution in [1.29, 1.82) is 0 Å². The van der Waals surface area contributed by atoms with Crippen molar-refractivity contribution in [3.63, 3.8) is 0 Å². The normalized spacial score (nSPS) is 22.9. The van der Waals surface area contributed by atoms with E-state index in [0.717, 1.165) is 9.16 Å². The van der Waals surface area contributed by atoms with Crippen LogP contribution in [0.2, 0.25) is 0 Å². The number of nitrogens with zero attached hydrogens (tertiary/aromatic N) is 2. The Hall–Kier alpha value is -1.84. The second-order valence-corrected chi connectivity index (χ2v) is 4.43. The second kappa shape index (κ2) is 2.84. The maximum atomic E-state index is 12.1. The van der Waals surface area contributed by atoms with Crippen molar-refractivity contribution >= 4 is 11.0 Å². The highest BCUT2D eigenvalue weighted by molar-refractivity contribution is 5.73. The first kappa shape index (κ1) is 9.39. The van der Waals surface area contributed by atoms with Gasteiger partial charge in [0, 0.05) is 16.9 Å². The molecule has 0 aliphatic heterocycles. The molecular formula is C12H12N2O2. The fourth-order valence-corrected chi connectivity index (χ4v) is 2.49. The molecule has 0 bridgehead atoms. The fraction of sp³-hybridized carbons (Fsp3) is 0.333. The summed E-state index contributed by atoms with van der Waals surface area (Å²) in [7, 11) is 0. The Morgan fingerprint density at radius 2 is 1.94 bits per heavy atom. The Labute approximate surface area is 92.3 Å². The minimum absolute atomic E-state index is 0.164. The Morgan fingerprint density at radius 1 is 1.25 bits per heavy atom. The van der Waals surface area contributed by atoms with E-state index in [2.05, 4.69) is 0 Å². The third-order valence-corrected chi connectivity index (χ3v) is 3.63. The third-order valence-electron chi connectivity index (χ3n) is 3.63. The number of hydrogen-bond acceptors (Lipinski definition) is 2. The number of benzene rings is 1. The molecule has 2 unspecified atom stereocenters. The quantitative estimate of drug-likeness (QED) is 0.633. The van der Waals surface area contributed by atoms with E-state index in [-0.39, 0.29) is 11.8 Å². The molecule has 0 amide bonds. The molecule has 3 rings (SSSR count). The molecule has 1 aromatic heterocycles. The van der Waals surface area contributed by atoms with Crippen LogP contribution < -0.4 is 4.43 Å². The Kier molecular flexibility index (Phi) is 1.67. The van der Waals surface area contributed by atoms with Gasteiger partial charge in [-0.2, -0.15) is 0 Å². The number of rotatable bonds is 0.